The summed E-state index contributed by atoms with van der Waals surface area (Å²) >= 11 is 0. The van der Waals surface area contributed by atoms with Gasteiger partial charge in [0.05, 0.1) is 11.1 Å². The fourth-order valence-electron chi connectivity index (χ4n) is 3.13. The van der Waals surface area contributed by atoms with Crippen LogP contribution in [0.3, 0.4) is 0 Å². The molecule has 0 atom stereocenters. The molecular formula is C20H18N4O3. The molecule has 0 aliphatic carbocycles. The van der Waals surface area contributed by atoms with Gasteiger partial charge >= 0.3 is 0 Å². The van der Waals surface area contributed by atoms with Gasteiger partial charge in [0.2, 0.25) is 11.7 Å². The first-order valence-electron chi connectivity index (χ1n) is 8.92. The van der Waals surface area contributed by atoms with Gasteiger partial charge in [0.15, 0.2) is 0 Å². The summed E-state index contributed by atoms with van der Waals surface area (Å²) in [7, 11) is 0. The highest BCUT2D eigenvalue weighted by molar-refractivity contribution is 6.21. The van der Waals surface area contributed by atoms with Crippen LogP contribution in [0.4, 0.5) is 0 Å². The molecule has 0 bridgehead atoms. The molecular weight excluding hydrogens is 344 g/mol. The van der Waals surface area contributed by atoms with Crippen molar-refractivity contribution in [1.29, 1.82) is 0 Å². The van der Waals surface area contributed by atoms with Crippen LogP contribution in [0.5, 0.6) is 0 Å². The van der Waals surface area contributed by atoms with Crippen LogP contribution in [0, 0.1) is 0 Å². The molecule has 1 aliphatic heterocycles. The molecule has 2 aromatic heterocycles. The number of carbonyl (C=O) groups excluding carboxylic acids is 2. The summed E-state index contributed by atoms with van der Waals surface area (Å²) in [6.45, 7) is 0.428. The molecule has 4 rings (SSSR count). The van der Waals surface area contributed by atoms with E-state index in [4.69, 9.17) is 4.52 Å². The average molecular weight is 362 g/mol. The Kier molecular flexibility index (Phi) is 4.74. The number of hydrogen-bond acceptors (Lipinski definition) is 6. The highest BCUT2D eigenvalue weighted by atomic mass is 16.5. The summed E-state index contributed by atoms with van der Waals surface area (Å²) in [4.78, 5) is 34.3. The third-order valence-corrected chi connectivity index (χ3v) is 4.54. The van der Waals surface area contributed by atoms with Crippen LogP contribution in [-0.2, 0) is 6.42 Å². The topological polar surface area (TPSA) is 89.2 Å². The molecule has 0 fully saturated rings. The Hall–Kier alpha value is -3.35. The molecule has 3 heterocycles. The molecule has 0 N–H and O–H groups in total. The van der Waals surface area contributed by atoms with E-state index in [1.54, 1.807) is 36.7 Å². The fourth-order valence-corrected chi connectivity index (χ4v) is 3.13. The van der Waals surface area contributed by atoms with Crippen LogP contribution in [0.15, 0.2) is 53.3 Å². The Morgan fingerprint density at radius 1 is 0.926 bits per heavy atom. The molecule has 7 heteroatoms. The number of pyridine rings is 1. The number of imide groups is 1. The lowest BCUT2D eigenvalue weighted by Gasteiger charge is -2.13. The molecule has 0 spiro atoms. The van der Waals surface area contributed by atoms with Gasteiger partial charge in [-0.3, -0.25) is 19.5 Å². The smallest absolute Gasteiger partial charge is 0.261 e. The normalized spacial score (nSPS) is 13.3. The third-order valence-electron chi connectivity index (χ3n) is 4.54. The lowest BCUT2D eigenvalue weighted by molar-refractivity contribution is 0.0651. The van der Waals surface area contributed by atoms with E-state index >= 15 is 0 Å². The second-order valence-corrected chi connectivity index (χ2v) is 6.37. The van der Waals surface area contributed by atoms with Crippen LogP contribution in [0.2, 0.25) is 0 Å². The Morgan fingerprint density at radius 2 is 1.70 bits per heavy atom. The lowest BCUT2D eigenvalue weighted by Crippen LogP contribution is -2.30. The van der Waals surface area contributed by atoms with Gasteiger partial charge < -0.3 is 4.52 Å². The molecule has 2 amide bonds. The number of hydrogen-bond donors (Lipinski definition) is 0. The van der Waals surface area contributed by atoms with E-state index in [1.807, 2.05) is 12.1 Å². The van der Waals surface area contributed by atoms with Crippen molar-refractivity contribution in [2.24, 2.45) is 0 Å². The summed E-state index contributed by atoms with van der Waals surface area (Å²) in [5.74, 6) is 0.709. The number of aromatic nitrogens is 3. The maximum absolute atomic E-state index is 12.3. The van der Waals surface area contributed by atoms with Crippen molar-refractivity contribution in [3.63, 3.8) is 0 Å². The highest BCUT2D eigenvalue weighted by Crippen LogP contribution is 2.23. The van der Waals surface area contributed by atoms with Crippen molar-refractivity contribution in [1.82, 2.24) is 20.0 Å². The monoisotopic (exact) mass is 362 g/mol. The molecule has 0 saturated carbocycles. The van der Waals surface area contributed by atoms with E-state index in [9.17, 15) is 9.59 Å². The number of nitrogens with zero attached hydrogens (tertiary/aromatic N) is 4. The van der Waals surface area contributed by atoms with Gasteiger partial charge in [-0.1, -0.05) is 23.7 Å². The number of unbranched alkanes of at least 4 members (excludes halogenated alkanes) is 2. The van der Waals surface area contributed by atoms with Crippen molar-refractivity contribution in [2.75, 3.05) is 6.54 Å². The van der Waals surface area contributed by atoms with Gasteiger partial charge in [0.25, 0.3) is 11.8 Å². The zero-order chi connectivity index (χ0) is 18.6. The van der Waals surface area contributed by atoms with Gasteiger partial charge in [-0.05, 0) is 37.1 Å². The molecule has 136 valence electrons. The largest absolute Gasteiger partial charge is 0.339 e. The van der Waals surface area contributed by atoms with E-state index in [1.165, 1.54) is 4.90 Å². The van der Waals surface area contributed by atoms with Gasteiger partial charge in [-0.25, -0.2) is 0 Å². The summed E-state index contributed by atoms with van der Waals surface area (Å²) in [5.41, 5.74) is 1.81. The maximum Gasteiger partial charge on any atom is 0.261 e. The van der Waals surface area contributed by atoms with Gasteiger partial charge in [0, 0.05) is 30.9 Å². The average Bonchev–Trinajstić information content (AvgIpc) is 3.27. The predicted molar refractivity (Wildman–Crippen MR) is 96.9 cm³/mol. The Bertz CT molecular complexity index is 933. The molecule has 3 aromatic rings. The zero-order valence-electron chi connectivity index (χ0n) is 14.7. The van der Waals surface area contributed by atoms with Crippen molar-refractivity contribution in [3.8, 4) is 11.4 Å². The summed E-state index contributed by atoms with van der Waals surface area (Å²) in [6, 6.07) is 10.7. The highest BCUT2D eigenvalue weighted by Gasteiger charge is 2.34. The first kappa shape index (κ1) is 17.1. The second kappa shape index (κ2) is 7.49. The quantitative estimate of drug-likeness (QED) is 0.474. The number of benzene rings is 1. The van der Waals surface area contributed by atoms with E-state index in [-0.39, 0.29) is 11.8 Å². The number of rotatable bonds is 7. The SMILES string of the molecule is O=C1c2ccccc2C(=O)N1CCCCCc1nc(-c2cccnc2)no1. The number of aryl methyl sites for hydroxylation is 1. The van der Waals surface area contributed by atoms with Crippen molar-refractivity contribution >= 4 is 11.8 Å². The van der Waals surface area contributed by atoms with E-state index in [0.29, 0.717) is 35.8 Å². The Morgan fingerprint density at radius 3 is 2.41 bits per heavy atom. The molecule has 7 nitrogen and oxygen atoms in total. The predicted octanol–water partition coefficient (Wildman–Crippen LogP) is 3.14. The van der Waals surface area contributed by atoms with Crippen LogP contribution >= 0.6 is 0 Å². The molecule has 0 radical (unpaired) electrons. The standard InChI is InChI=1S/C20H18N4O3/c25-19-15-8-3-4-9-16(15)20(26)24(19)12-5-1-2-10-17-22-18(23-27-17)14-7-6-11-21-13-14/h3-4,6-9,11,13H,1-2,5,10,12H2. The zero-order valence-corrected chi connectivity index (χ0v) is 14.7. The van der Waals surface area contributed by atoms with E-state index in [0.717, 1.165) is 24.8 Å². The number of amides is 2. The minimum Gasteiger partial charge on any atom is -0.339 e. The van der Waals surface area contributed by atoms with Crippen molar-refractivity contribution in [2.45, 2.75) is 25.7 Å². The van der Waals surface area contributed by atoms with Gasteiger partial charge in [-0.15, -0.1) is 0 Å². The van der Waals surface area contributed by atoms with Crippen molar-refractivity contribution in [3.05, 3.63) is 65.8 Å². The first-order chi connectivity index (χ1) is 13.2. The molecule has 1 aromatic carbocycles. The van der Waals surface area contributed by atoms with E-state index in [2.05, 4.69) is 15.1 Å². The summed E-state index contributed by atoms with van der Waals surface area (Å²) < 4.78 is 5.27. The van der Waals surface area contributed by atoms with Gasteiger partial charge in [0.1, 0.15) is 0 Å². The van der Waals surface area contributed by atoms with Crippen LogP contribution in [0.1, 0.15) is 45.9 Å². The molecule has 0 unspecified atom stereocenters. The third kappa shape index (κ3) is 3.48. The molecule has 0 saturated heterocycles. The molecule has 27 heavy (non-hydrogen) atoms. The van der Waals surface area contributed by atoms with Crippen LogP contribution < -0.4 is 0 Å². The Labute approximate surface area is 156 Å². The van der Waals surface area contributed by atoms with E-state index < -0.39 is 0 Å². The van der Waals surface area contributed by atoms with Crippen LogP contribution in [-0.4, -0.2) is 38.4 Å². The minimum absolute atomic E-state index is 0.200. The van der Waals surface area contributed by atoms with Gasteiger partial charge in [-0.2, -0.15) is 4.98 Å². The van der Waals surface area contributed by atoms with Crippen molar-refractivity contribution < 1.29 is 14.1 Å². The number of fused-ring (bicyclic) bond motifs is 1. The summed E-state index contributed by atoms with van der Waals surface area (Å²) in [6.07, 6.45) is 6.50. The molecule has 1 aliphatic rings. The first-order valence-corrected chi connectivity index (χ1v) is 8.92. The Balaban J connectivity index is 1.24. The second-order valence-electron chi connectivity index (χ2n) is 6.37. The summed E-state index contributed by atoms with van der Waals surface area (Å²) in [5, 5.41) is 3.97. The number of carbonyl (C=O) groups is 2. The minimum atomic E-state index is -0.200. The lowest BCUT2D eigenvalue weighted by atomic mass is 10.1. The maximum atomic E-state index is 12.3. The fraction of sp³-hybridized carbons (Fsp3) is 0.250. The van der Waals surface area contributed by atoms with Crippen LogP contribution in [0.25, 0.3) is 11.4 Å².